The molecule has 1 amide bonds. The molecule has 3 rings (SSSR count). The van der Waals surface area contributed by atoms with Gasteiger partial charge in [0.15, 0.2) is 5.71 Å². The summed E-state index contributed by atoms with van der Waals surface area (Å²) in [6.07, 6.45) is 0. The first kappa shape index (κ1) is 20.3. The van der Waals surface area contributed by atoms with Crippen molar-refractivity contribution in [3.8, 4) is 0 Å². The Morgan fingerprint density at radius 2 is 1.83 bits per heavy atom. The fraction of sp³-hybridized carbons (Fsp3) is 0.167. The molecule has 2 N–H and O–H groups in total. The van der Waals surface area contributed by atoms with Gasteiger partial charge in [-0.3, -0.25) is 4.79 Å². The summed E-state index contributed by atoms with van der Waals surface area (Å²) in [6.45, 7) is 1.74. The Bertz CT molecular complexity index is 1080. The van der Waals surface area contributed by atoms with E-state index in [9.17, 15) is 18.0 Å². The first-order chi connectivity index (χ1) is 13.8. The highest BCUT2D eigenvalue weighted by Crippen LogP contribution is 2.24. The number of hydrogen-bond acceptors (Lipinski definition) is 8. The predicted molar refractivity (Wildman–Crippen MR) is 104 cm³/mol. The second-order valence-electron chi connectivity index (χ2n) is 5.85. The summed E-state index contributed by atoms with van der Waals surface area (Å²) in [5, 5.41) is 18.1. The molecule has 1 heterocycles. The SMILES string of the molecule is CCOC(=O)C1=NN(c2ccccc2)C(=O)[C@@H]1N=Nc1ccc(S(N)(=O)=O)cc1. The third-order valence-corrected chi connectivity index (χ3v) is 4.78. The number of primary sulfonamides is 1. The normalized spacial score (nSPS) is 16.9. The standard InChI is InChI=1S/C18H17N5O5S/c1-2-28-18(25)16-15(17(24)23(22-16)13-6-4-3-5-7-13)21-20-12-8-10-14(11-9-12)29(19,26)27/h3-11,15H,2H2,1H3,(H2,19,26,27)/t15-/m1/s1. The van der Waals surface area contributed by atoms with Gasteiger partial charge in [0, 0.05) is 0 Å². The number of para-hydroxylation sites is 1. The van der Waals surface area contributed by atoms with Crippen molar-refractivity contribution in [1.29, 1.82) is 0 Å². The number of ether oxygens (including phenoxy) is 1. The Kier molecular flexibility index (Phi) is 5.80. The fourth-order valence-corrected chi connectivity index (χ4v) is 3.00. The Labute approximate surface area is 166 Å². The molecule has 29 heavy (non-hydrogen) atoms. The number of azo groups is 1. The molecule has 0 saturated heterocycles. The van der Waals surface area contributed by atoms with Crippen LogP contribution in [0, 0.1) is 0 Å². The van der Waals surface area contributed by atoms with Gasteiger partial charge in [0.25, 0.3) is 5.91 Å². The zero-order valence-electron chi connectivity index (χ0n) is 15.3. The van der Waals surface area contributed by atoms with Crippen LogP contribution in [-0.2, 0) is 24.3 Å². The monoisotopic (exact) mass is 415 g/mol. The highest BCUT2D eigenvalue weighted by molar-refractivity contribution is 7.89. The second-order valence-corrected chi connectivity index (χ2v) is 7.41. The molecule has 150 valence electrons. The number of nitrogens with two attached hydrogens (primary N) is 1. The Morgan fingerprint density at radius 1 is 1.17 bits per heavy atom. The summed E-state index contributed by atoms with van der Waals surface area (Å²) in [5.74, 6) is -1.34. The van der Waals surface area contributed by atoms with Crippen LogP contribution in [0.5, 0.6) is 0 Å². The van der Waals surface area contributed by atoms with Crippen molar-refractivity contribution in [2.75, 3.05) is 11.6 Å². The molecule has 10 nitrogen and oxygen atoms in total. The summed E-state index contributed by atoms with van der Waals surface area (Å²) in [4.78, 5) is 24.9. The summed E-state index contributed by atoms with van der Waals surface area (Å²) in [7, 11) is -3.84. The number of esters is 1. The van der Waals surface area contributed by atoms with Gasteiger partial charge in [0.05, 0.1) is 22.9 Å². The molecule has 1 aliphatic rings. The first-order valence-electron chi connectivity index (χ1n) is 8.49. The lowest BCUT2D eigenvalue weighted by Crippen LogP contribution is -2.33. The van der Waals surface area contributed by atoms with E-state index in [1.165, 1.54) is 24.3 Å². The smallest absolute Gasteiger partial charge is 0.357 e. The number of nitrogens with zero attached hydrogens (tertiary/aromatic N) is 4. The van der Waals surface area contributed by atoms with Crippen molar-refractivity contribution < 1.29 is 22.7 Å². The third-order valence-electron chi connectivity index (χ3n) is 3.85. The van der Waals surface area contributed by atoms with E-state index in [2.05, 4.69) is 15.3 Å². The molecule has 0 aliphatic carbocycles. The zero-order chi connectivity index (χ0) is 21.0. The van der Waals surface area contributed by atoms with E-state index in [0.717, 1.165) is 5.01 Å². The number of benzene rings is 2. The average Bonchev–Trinajstić information content (AvgIpc) is 3.03. The highest BCUT2D eigenvalue weighted by atomic mass is 32.2. The van der Waals surface area contributed by atoms with Gasteiger partial charge in [0.2, 0.25) is 16.1 Å². The van der Waals surface area contributed by atoms with E-state index in [1.807, 2.05) is 0 Å². The molecule has 0 unspecified atom stereocenters. The Balaban J connectivity index is 1.89. The van der Waals surface area contributed by atoms with Crippen molar-refractivity contribution in [1.82, 2.24) is 0 Å². The van der Waals surface area contributed by atoms with Crippen molar-refractivity contribution in [3.05, 3.63) is 54.6 Å². The number of rotatable bonds is 6. The van der Waals surface area contributed by atoms with Crippen LogP contribution in [0.15, 0.2) is 74.8 Å². The predicted octanol–water partition coefficient (Wildman–Crippen LogP) is 1.75. The van der Waals surface area contributed by atoms with Crippen LogP contribution in [0.3, 0.4) is 0 Å². The summed E-state index contributed by atoms with van der Waals surface area (Å²) < 4.78 is 27.6. The highest BCUT2D eigenvalue weighted by Gasteiger charge is 2.41. The molecule has 1 atom stereocenters. The topological polar surface area (TPSA) is 144 Å². The van der Waals surface area contributed by atoms with Gasteiger partial charge < -0.3 is 4.74 Å². The van der Waals surface area contributed by atoms with E-state index >= 15 is 0 Å². The van der Waals surface area contributed by atoms with Crippen LogP contribution < -0.4 is 10.1 Å². The lowest BCUT2D eigenvalue weighted by molar-refractivity contribution is -0.135. The minimum Gasteiger partial charge on any atom is -0.461 e. The average molecular weight is 415 g/mol. The van der Waals surface area contributed by atoms with E-state index in [4.69, 9.17) is 9.88 Å². The van der Waals surface area contributed by atoms with Crippen LogP contribution >= 0.6 is 0 Å². The number of hydrazone groups is 1. The van der Waals surface area contributed by atoms with Gasteiger partial charge in [0.1, 0.15) is 0 Å². The summed E-state index contributed by atoms with van der Waals surface area (Å²) in [6, 6.07) is 12.5. The molecule has 0 radical (unpaired) electrons. The van der Waals surface area contributed by atoms with E-state index in [-0.39, 0.29) is 22.9 Å². The van der Waals surface area contributed by atoms with Crippen molar-refractivity contribution in [2.24, 2.45) is 20.5 Å². The van der Waals surface area contributed by atoms with Crippen molar-refractivity contribution in [2.45, 2.75) is 17.9 Å². The quantitative estimate of drug-likeness (QED) is 0.564. The summed E-state index contributed by atoms with van der Waals surface area (Å²) >= 11 is 0. The van der Waals surface area contributed by atoms with Crippen LogP contribution in [0.1, 0.15) is 6.92 Å². The molecule has 0 saturated carbocycles. The number of hydrogen-bond donors (Lipinski definition) is 1. The van der Waals surface area contributed by atoms with Crippen LogP contribution in [0.2, 0.25) is 0 Å². The van der Waals surface area contributed by atoms with Gasteiger partial charge in [-0.2, -0.15) is 20.3 Å². The maximum Gasteiger partial charge on any atom is 0.357 e. The maximum absolute atomic E-state index is 12.8. The minimum atomic E-state index is -3.84. The fourth-order valence-electron chi connectivity index (χ4n) is 2.49. The molecule has 2 aromatic carbocycles. The molecular weight excluding hydrogens is 398 g/mol. The lowest BCUT2D eigenvalue weighted by Gasteiger charge is -2.11. The van der Waals surface area contributed by atoms with E-state index in [1.54, 1.807) is 37.3 Å². The summed E-state index contributed by atoms with van der Waals surface area (Å²) in [5.41, 5.74) is 0.548. The minimum absolute atomic E-state index is 0.0857. The first-order valence-corrected chi connectivity index (χ1v) is 10.0. The van der Waals surface area contributed by atoms with Crippen molar-refractivity contribution in [3.63, 3.8) is 0 Å². The molecule has 0 spiro atoms. The van der Waals surface area contributed by atoms with Crippen LogP contribution in [-0.4, -0.2) is 38.7 Å². The number of carbonyl (C=O) groups is 2. The van der Waals surface area contributed by atoms with Crippen LogP contribution in [0.25, 0.3) is 0 Å². The molecular formula is C18H17N5O5S. The second kappa shape index (κ2) is 8.29. The van der Waals surface area contributed by atoms with Crippen molar-refractivity contribution >= 4 is 39.0 Å². The van der Waals surface area contributed by atoms with E-state index < -0.39 is 27.9 Å². The van der Waals surface area contributed by atoms with Gasteiger partial charge in [-0.15, -0.1) is 0 Å². The molecule has 0 bridgehead atoms. The lowest BCUT2D eigenvalue weighted by atomic mass is 10.2. The Morgan fingerprint density at radius 3 is 2.41 bits per heavy atom. The molecule has 0 fully saturated rings. The van der Waals surface area contributed by atoms with E-state index in [0.29, 0.717) is 5.69 Å². The zero-order valence-corrected chi connectivity index (χ0v) is 16.1. The van der Waals surface area contributed by atoms with Gasteiger partial charge in [-0.05, 0) is 43.3 Å². The number of carbonyl (C=O) groups excluding carboxylic acids is 2. The number of sulfonamides is 1. The van der Waals surface area contributed by atoms with Gasteiger partial charge >= 0.3 is 5.97 Å². The third kappa shape index (κ3) is 4.52. The molecule has 0 aromatic heterocycles. The number of anilines is 1. The van der Waals surface area contributed by atoms with Gasteiger partial charge in [-0.25, -0.2) is 18.4 Å². The Hall–Kier alpha value is -3.44. The van der Waals surface area contributed by atoms with Crippen LogP contribution in [0.4, 0.5) is 11.4 Å². The largest absolute Gasteiger partial charge is 0.461 e. The number of amides is 1. The molecule has 11 heteroatoms. The molecule has 2 aromatic rings. The molecule has 1 aliphatic heterocycles. The maximum atomic E-state index is 12.8. The van der Waals surface area contributed by atoms with Gasteiger partial charge in [-0.1, -0.05) is 18.2 Å².